The van der Waals surface area contributed by atoms with Gasteiger partial charge in [0.25, 0.3) is 0 Å². The molecule has 0 saturated carbocycles. The molecular formula is C21H26N4O2. The van der Waals surface area contributed by atoms with Crippen LogP contribution >= 0.6 is 0 Å². The van der Waals surface area contributed by atoms with Gasteiger partial charge in [0.1, 0.15) is 24.2 Å². The molecule has 27 heavy (non-hydrogen) atoms. The zero-order valence-electron chi connectivity index (χ0n) is 16.2. The summed E-state index contributed by atoms with van der Waals surface area (Å²) in [5.41, 5.74) is 7.84. The quantitative estimate of drug-likeness (QED) is 0.778. The number of hydrogen-bond acceptors (Lipinski definition) is 5. The van der Waals surface area contributed by atoms with E-state index in [1.165, 1.54) is 6.92 Å². The summed E-state index contributed by atoms with van der Waals surface area (Å²) in [5.74, 6) is 1.17. The van der Waals surface area contributed by atoms with Crippen LogP contribution in [0.25, 0.3) is 11.1 Å². The van der Waals surface area contributed by atoms with Crippen molar-refractivity contribution >= 4 is 11.7 Å². The predicted octanol–water partition coefficient (Wildman–Crippen LogP) is 3.72. The Morgan fingerprint density at radius 2 is 2.15 bits per heavy atom. The molecular weight excluding hydrogens is 340 g/mol. The van der Waals surface area contributed by atoms with Crippen LogP contribution in [0, 0.1) is 17.2 Å². The SMILES string of the molecule is CC(=O)Nc1cc(-c2cccc(C#N)c2OCC(C)(N)CC(C)C)ccn1. The Morgan fingerprint density at radius 1 is 1.41 bits per heavy atom. The third-order valence-electron chi connectivity index (χ3n) is 3.93. The van der Waals surface area contributed by atoms with Gasteiger partial charge in [0.15, 0.2) is 0 Å². The average molecular weight is 366 g/mol. The van der Waals surface area contributed by atoms with E-state index in [1.54, 1.807) is 24.4 Å². The van der Waals surface area contributed by atoms with E-state index in [2.05, 4.69) is 30.2 Å². The second-order valence-electron chi connectivity index (χ2n) is 7.45. The van der Waals surface area contributed by atoms with Crippen molar-refractivity contribution in [1.29, 1.82) is 5.26 Å². The molecule has 1 atom stereocenters. The highest BCUT2D eigenvalue weighted by atomic mass is 16.5. The normalized spacial score (nSPS) is 12.9. The number of amides is 1. The van der Waals surface area contributed by atoms with Crippen molar-refractivity contribution in [3.8, 4) is 22.9 Å². The Bertz CT molecular complexity index is 854. The Kier molecular flexibility index (Phi) is 6.54. The van der Waals surface area contributed by atoms with Crippen LogP contribution in [0.1, 0.15) is 39.7 Å². The van der Waals surface area contributed by atoms with Crippen molar-refractivity contribution in [2.45, 2.75) is 39.7 Å². The fourth-order valence-corrected chi connectivity index (χ4v) is 3.08. The van der Waals surface area contributed by atoms with Crippen LogP contribution in [0.15, 0.2) is 36.5 Å². The van der Waals surface area contributed by atoms with Gasteiger partial charge >= 0.3 is 0 Å². The lowest BCUT2D eigenvalue weighted by molar-refractivity contribution is -0.114. The van der Waals surface area contributed by atoms with E-state index in [9.17, 15) is 10.1 Å². The van der Waals surface area contributed by atoms with E-state index in [4.69, 9.17) is 10.5 Å². The standard InChI is InChI=1S/C21H26N4O2/c1-14(2)11-21(4,23)13-27-20-17(12-22)6-5-7-18(20)16-8-9-24-19(10-16)25-15(3)26/h5-10,14H,11,13,23H2,1-4H3,(H,24,25,26). The highest BCUT2D eigenvalue weighted by molar-refractivity contribution is 5.88. The maximum absolute atomic E-state index is 11.3. The topological polar surface area (TPSA) is 101 Å². The van der Waals surface area contributed by atoms with Crippen LogP contribution in [0.3, 0.4) is 0 Å². The van der Waals surface area contributed by atoms with Crippen molar-refractivity contribution in [3.63, 3.8) is 0 Å². The maximum Gasteiger partial charge on any atom is 0.222 e. The average Bonchev–Trinajstić information content (AvgIpc) is 2.58. The predicted molar refractivity (Wildman–Crippen MR) is 106 cm³/mol. The summed E-state index contributed by atoms with van der Waals surface area (Å²) >= 11 is 0. The van der Waals surface area contributed by atoms with E-state index < -0.39 is 5.54 Å². The van der Waals surface area contributed by atoms with Gasteiger partial charge in [-0.1, -0.05) is 26.0 Å². The number of carbonyl (C=O) groups excluding carboxylic acids is 1. The Balaban J connectivity index is 2.38. The zero-order chi connectivity index (χ0) is 20.0. The summed E-state index contributed by atoms with van der Waals surface area (Å²) < 4.78 is 6.04. The molecule has 2 rings (SSSR count). The molecule has 0 aliphatic rings. The van der Waals surface area contributed by atoms with E-state index >= 15 is 0 Å². The second kappa shape index (κ2) is 8.65. The van der Waals surface area contributed by atoms with Crippen LogP contribution in [0.5, 0.6) is 5.75 Å². The molecule has 0 fully saturated rings. The molecule has 0 aliphatic heterocycles. The van der Waals surface area contributed by atoms with Crippen LogP contribution < -0.4 is 15.8 Å². The largest absolute Gasteiger partial charge is 0.490 e. The van der Waals surface area contributed by atoms with Crippen molar-refractivity contribution < 1.29 is 9.53 Å². The number of hydrogen-bond donors (Lipinski definition) is 2. The van der Waals surface area contributed by atoms with Crippen molar-refractivity contribution in [1.82, 2.24) is 4.98 Å². The molecule has 1 aromatic carbocycles. The van der Waals surface area contributed by atoms with Gasteiger partial charge in [-0.15, -0.1) is 0 Å². The second-order valence-corrected chi connectivity index (χ2v) is 7.45. The van der Waals surface area contributed by atoms with E-state index in [0.29, 0.717) is 29.7 Å². The van der Waals surface area contributed by atoms with Crippen molar-refractivity contribution in [3.05, 3.63) is 42.1 Å². The van der Waals surface area contributed by atoms with Crippen LogP contribution in [-0.2, 0) is 4.79 Å². The fourth-order valence-electron chi connectivity index (χ4n) is 3.08. The summed E-state index contributed by atoms with van der Waals surface area (Å²) in [6, 6.07) is 11.1. The van der Waals surface area contributed by atoms with Crippen molar-refractivity contribution in [2.75, 3.05) is 11.9 Å². The molecule has 2 aromatic rings. The number of para-hydroxylation sites is 1. The molecule has 1 heterocycles. The molecule has 6 nitrogen and oxygen atoms in total. The van der Waals surface area contributed by atoms with Crippen LogP contribution in [0.4, 0.5) is 5.82 Å². The number of benzene rings is 1. The van der Waals surface area contributed by atoms with Gasteiger partial charge in [-0.25, -0.2) is 4.98 Å². The third-order valence-corrected chi connectivity index (χ3v) is 3.93. The monoisotopic (exact) mass is 366 g/mol. The number of nitrogens with zero attached hydrogens (tertiary/aromatic N) is 2. The van der Waals surface area contributed by atoms with Crippen LogP contribution in [-0.4, -0.2) is 23.0 Å². The van der Waals surface area contributed by atoms with Gasteiger partial charge < -0.3 is 15.8 Å². The molecule has 0 aliphatic carbocycles. The van der Waals surface area contributed by atoms with Gasteiger partial charge in [0.05, 0.1) is 5.56 Å². The zero-order valence-corrected chi connectivity index (χ0v) is 16.2. The molecule has 6 heteroatoms. The number of anilines is 1. The summed E-state index contributed by atoms with van der Waals surface area (Å²) in [6.45, 7) is 7.89. The molecule has 1 aromatic heterocycles. The first-order chi connectivity index (χ1) is 12.7. The number of ether oxygens (including phenoxy) is 1. The molecule has 0 spiro atoms. The Hall–Kier alpha value is -2.91. The van der Waals surface area contributed by atoms with Gasteiger partial charge in [-0.3, -0.25) is 4.79 Å². The minimum absolute atomic E-state index is 0.200. The lowest BCUT2D eigenvalue weighted by Gasteiger charge is -2.27. The molecule has 1 amide bonds. The minimum atomic E-state index is -0.506. The first-order valence-corrected chi connectivity index (χ1v) is 8.90. The van der Waals surface area contributed by atoms with E-state index in [0.717, 1.165) is 17.5 Å². The smallest absolute Gasteiger partial charge is 0.222 e. The van der Waals surface area contributed by atoms with E-state index in [-0.39, 0.29) is 5.91 Å². The fraction of sp³-hybridized carbons (Fsp3) is 0.381. The van der Waals surface area contributed by atoms with Gasteiger partial charge in [-0.05, 0) is 43.0 Å². The molecule has 1 unspecified atom stereocenters. The third kappa shape index (κ3) is 5.80. The lowest BCUT2D eigenvalue weighted by Crippen LogP contribution is -2.43. The van der Waals surface area contributed by atoms with Gasteiger partial charge in [-0.2, -0.15) is 5.26 Å². The molecule has 3 N–H and O–H groups in total. The molecule has 142 valence electrons. The lowest BCUT2D eigenvalue weighted by atomic mass is 9.92. The molecule has 0 saturated heterocycles. The summed E-state index contributed by atoms with van der Waals surface area (Å²) in [6.07, 6.45) is 2.41. The van der Waals surface area contributed by atoms with E-state index in [1.807, 2.05) is 19.1 Å². The van der Waals surface area contributed by atoms with Crippen LogP contribution in [0.2, 0.25) is 0 Å². The number of carbonyl (C=O) groups is 1. The van der Waals surface area contributed by atoms with Gasteiger partial charge in [0, 0.05) is 24.2 Å². The van der Waals surface area contributed by atoms with Gasteiger partial charge in [0.2, 0.25) is 5.91 Å². The first-order valence-electron chi connectivity index (χ1n) is 8.90. The summed E-state index contributed by atoms with van der Waals surface area (Å²) in [4.78, 5) is 15.4. The Labute approximate surface area is 160 Å². The molecule has 0 radical (unpaired) electrons. The first kappa shape index (κ1) is 20.4. The maximum atomic E-state index is 11.3. The number of rotatable bonds is 7. The minimum Gasteiger partial charge on any atom is -0.490 e. The number of aromatic nitrogens is 1. The number of nitrogens with two attached hydrogens (primary N) is 1. The number of pyridine rings is 1. The molecule has 0 bridgehead atoms. The number of nitriles is 1. The summed E-state index contributed by atoms with van der Waals surface area (Å²) in [7, 11) is 0. The van der Waals surface area contributed by atoms with Crippen molar-refractivity contribution in [2.24, 2.45) is 11.7 Å². The highest BCUT2D eigenvalue weighted by Crippen LogP contribution is 2.34. The summed E-state index contributed by atoms with van der Waals surface area (Å²) in [5, 5.41) is 12.2. The Morgan fingerprint density at radius 3 is 2.78 bits per heavy atom. The highest BCUT2D eigenvalue weighted by Gasteiger charge is 2.23. The number of nitrogens with one attached hydrogen (secondary N) is 1.